The van der Waals surface area contributed by atoms with Crippen LogP contribution in [-0.2, 0) is 6.54 Å². The van der Waals surface area contributed by atoms with E-state index in [2.05, 4.69) is 4.98 Å². The number of nitro benzene ring substituents is 1. The molecule has 3 aromatic rings. The lowest BCUT2D eigenvalue weighted by molar-refractivity contribution is -0.384. The molecule has 0 N–H and O–H groups in total. The summed E-state index contributed by atoms with van der Waals surface area (Å²) in [7, 11) is 0. The monoisotopic (exact) mass is 339 g/mol. The standard InChI is InChI=1S/C18H14FN3O3/c19-15-4-2-1-3-13(15)17-14-9-12(22(24)25)7-8-16(14)21(18(23)20-17)10-11-5-6-11/h1-4,7-9,11H,5-6,10H2. The molecule has 0 saturated heterocycles. The predicted molar refractivity (Wildman–Crippen MR) is 90.8 cm³/mol. The number of non-ortho nitro benzene ring substituents is 1. The zero-order valence-corrected chi connectivity index (χ0v) is 13.2. The number of aromatic nitrogens is 2. The molecular weight excluding hydrogens is 325 g/mol. The quantitative estimate of drug-likeness (QED) is 0.538. The van der Waals surface area contributed by atoms with Gasteiger partial charge < -0.3 is 0 Å². The van der Waals surface area contributed by atoms with Crippen molar-refractivity contribution in [1.82, 2.24) is 9.55 Å². The highest BCUT2D eigenvalue weighted by molar-refractivity contribution is 5.94. The molecule has 126 valence electrons. The Morgan fingerprint density at radius 1 is 1.24 bits per heavy atom. The summed E-state index contributed by atoms with van der Waals surface area (Å²) in [6.07, 6.45) is 2.10. The van der Waals surface area contributed by atoms with Crippen LogP contribution < -0.4 is 5.69 Å². The van der Waals surface area contributed by atoms with Gasteiger partial charge in [-0.15, -0.1) is 0 Å². The van der Waals surface area contributed by atoms with Crippen molar-refractivity contribution in [2.24, 2.45) is 5.92 Å². The number of fused-ring (bicyclic) bond motifs is 1. The third-order valence-electron chi connectivity index (χ3n) is 4.44. The van der Waals surface area contributed by atoms with Gasteiger partial charge in [0.05, 0.1) is 16.1 Å². The van der Waals surface area contributed by atoms with Crippen LogP contribution in [0.1, 0.15) is 12.8 Å². The van der Waals surface area contributed by atoms with E-state index in [1.54, 1.807) is 12.1 Å². The molecule has 0 bridgehead atoms. The van der Waals surface area contributed by atoms with Crippen LogP contribution in [0.15, 0.2) is 47.3 Å². The van der Waals surface area contributed by atoms with E-state index >= 15 is 0 Å². The van der Waals surface area contributed by atoms with Crippen molar-refractivity contribution in [3.05, 3.63) is 68.9 Å². The third kappa shape index (κ3) is 2.77. The Morgan fingerprint density at radius 3 is 2.68 bits per heavy atom. The van der Waals surface area contributed by atoms with Crippen molar-refractivity contribution in [2.45, 2.75) is 19.4 Å². The summed E-state index contributed by atoms with van der Waals surface area (Å²) in [5.41, 5.74) is 0.239. The second-order valence-corrected chi connectivity index (χ2v) is 6.24. The van der Waals surface area contributed by atoms with Gasteiger partial charge in [-0.05, 0) is 37.0 Å². The summed E-state index contributed by atoms with van der Waals surface area (Å²) in [5, 5.41) is 11.5. The van der Waals surface area contributed by atoms with Gasteiger partial charge in [-0.2, -0.15) is 4.98 Å². The molecule has 1 heterocycles. The van der Waals surface area contributed by atoms with Crippen LogP contribution in [0.2, 0.25) is 0 Å². The van der Waals surface area contributed by atoms with Crippen molar-refractivity contribution >= 4 is 16.6 Å². The van der Waals surface area contributed by atoms with E-state index in [9.17, 15) is 19.3 Å². The van der Waals surface area contributed by atoms with Crippen molar-refractivity contribution in [2.75, 3.05) is 0 Å². The van der Waals surface area contributed by atoms with E-state index in [1.165, 1.54) is 34.9 Å². The molecule has 0 amide bonds. The molecular formula is C18H14FN3O3. The van der Waals surface area contributed by atoms with E-state index < -0.39 is 16.4 Å². The number of nitro groups is 1. The largest absolute Gasteiger partial charge is 0.348 e. The highest BCUT2D eigenvalue weighted by Crippen LogP contribution is 2.33. The average molecular weight is 339 g/mol. The fourth-order valence-electron chi connectivity index (χ4n) is 2.98. The highest BCUT2D eigenvalue weighted by Gasteiger charge is 2.25. The third-order valence-corrected chi connectivity index (χ3v) is 4.44. The van der Waals surface area contributed by atoms with Gasteiger partial charge in [0.1, 0.15) is 5.82 Å². The first kappa shape index (κ1) is 15.4. The Bertz CT molecular complexity index is 1060. The van der Waals surface area contributed by atoms with Crippen LogP contribution in [-0.4, -0.2) is 14.5 Å². The minimum Gasteiger partial charge on any atom is -0.292 e. The van der Waals surface area contributed by atoms with Gasteiger partial charge in [0.25, 0.3) is 5.69 Å². The highest BCUT2D eigenvalue weighted by atomic mass is 19.1. The van der Waals surface area contributed by atoms with Crippen LogP contribution in [0.5, 0.6) is 0 Å². The number of halogens is 1. The Kier molecular flexibility index (Phi) is 3.56. The minimum atomic E-state index is -0.526. The molecule has 4 rings (SSSR count). The van der Waals surface area contributed by atoms with Crippen LogP contribution in [0.25, 0.3) is 22.2 Å². The maximum absolute atomic E-state index is 14.2. The van der Waals surface area contributed by atoms with Gasteiger partial charge in [0, 0.05) is 29.6 Å². The smallest absolute Gasteiger partial charge is 0.292 e. The van der Waals surface area contributed by atoms with E-state index in [-0.39, 0.29) is 16.9 Å². The molecule has 1 aliphatic rings. The normalized spacial score (nSPS) is 14.0. The summed E-state index contributed by atoms with van der Waals surface area (Å²) < 4.78 is 15.8. The maximum Gasteiger partial charge on any atom is 0.348 e. The van der Waals surface area contributed by atoms with Gasteiger partial charge >= 0.3 is 5.69 Å². The summed E-state index contributed by atoms with van der Waals surface area (Å²) in [4.78, 5) is 27.2. The lowest BCUT2D eigenvalue weighted by Crippen LogP contribution is -2.25. The number of benzene rings is 2. The molecule has 0 radical (unpaired) electrons. The van der Waals surface area contributed by atoms with Gasteiger partial charge in [0.2, 0.25) is 0 Å². The number of hydrogen-bond acceptors (Lipinski definition) is 4. The first-order valence-corrected chi connectivity index (χ1v) is 7.98. The second kappa shape index (κ2) is 5.77. The van der Waals surface area contributed by atoms with Crippen LogP contribution in [0.3, 0.4) is 0 Å². The van der Waals surface area contributed by atoms with Gasteiger partial charge in [-0.1, -0.05) is 12.1 Å². The SMILES string of the molecule is O=c1nc(-c2ccccc2F)c2cc([N+](=O)[O-])ccc2n1CC1CC1. The first-order valence-electron chi connectivity index (χ1n) is 7.98. The number of nitrogens with zero attached hydrogens (tertiary/aromatic N) is 3. The first-order chi connectivity index (χ1) is 12.0. The van der Waals surface area contributed by atoms with Crippen molar-refractivity contribution < 1.29 is 9.31 Å². The molecule has 1 aromatic heterocycles. The zero-order chi connectivity index (χ0) is 17.6. The molecule has 1 aliphatic carbocycles. The van der Waals surface area contributed by atoms with E-state index in [0.717, 1.165) is 12.8 Å². The maximum atomic E-state index is 14.2. The van der Waals surface area contributed by atoms with Crippen molar-refractivity contribution in [1.29, 1.82) is 0 Å². The summed E-state index contributed by atoms with van der Waals surface area (Å²) >= 11 is 0. The van der Waals surface area contributed by atoms with Crippen LogP contribution in [0.4, 0.5) is 10.1 Å². The Labute approximate surface area is 141 Å². The van der Waals surface area contributed by atoms with Crippen molar-refractivity contribution in [3.8, 4) is 11.3 Å². The fraction of sp³-hybridized carbons (Fsp3) is 0.222. The molecule has 25 heavy (non-hydrogen) atoms. The fourth-order valence-corrected chi connectivity index (χ4v) is 2.98. The summed E-state index contributed by atoms with van der Waals surface area (Å²) in [5.74, 6) is -0.0978. The predicted octanol–water partition coefficient (Wildman–Crippen LogP) is 3.52. The van der Waals surface area contributed by atoms with Gasteiger partial charge in [-0.25, -0.2) is 9.18 Å². The molecule has 6 nitrogen and oxygen atoms in total. The van der Waals surface area contributed by atoms with Crippen molar-refractivity contribution in [3.63, 3.8) is 0 Å². The molecule has 1 saturated carbocycles. The second-order valence-electron chi connectivity index (χ2n) is 6.24. The lowest BCUT2D eigenvalue weighted by atomic mass is 10.0. The van der Waals surface area contributed by atoms with E-state index in [4.69, 9.17) is 0 Å². The molecule has 0 spiro atoms. The Morgan fingerprint density at radius 2 is 2.00 bits per heavy atom. The van der Waals surface area contributed by atoms with E-state index in [1.807, 2.05) is 0 Å². The number of rotatable bonds is 4. The van der Waals surface area contributed by atoms with Crippen LogP contribution in [0, 0.1) is 21.8 Å². The average Bonchev–Trinajstić information content (AvgIpc) is 3.41. The topological polar surface area (TPSA) is 78.0 Å². The summed E-state index contributed by atoms with van der Waals surface area (Å²) in [6.45, 7) is 0.525. The molecule has 1 fully saturated rings. The van der Waals surface area contributed by atoms with Crippen LogP contribution >= 0.6 is 0 Å². The summed E-state index contributed by atoms with van der Waals surface area (Å²) in [6, 6.07) is 10.2. The minimum absolute atomic E-state index is 0.122. The van der Waals surface area contributed by atoms with Gasteiger partial charge in [0.15, 0.2) is 0 Å². The van der Waals surface area contributed by atoms with Gasteiger partial charge in [-0.3, -0.25) is 14.7 Å². The number of hydrogen-bond donors (Lipinski definition) is 0. The molecule has 0 aliphatic heterocycles. The Balaban J connectivity index is 2.04. The zero-order valence-electron chi connectivity index (χ0n) is 13.2. The molecule has 0 atom stereocenters. The lowest BCUT2D eigenvalue weighted by Gasteiger charge is -2.13. The Hall–Kier alpha value is -3.09. The molecule has 7 heteroatoms. The van der Waals surface area contributed by atoms with E-state index in [0.29, 0.717) is 23.4 Å². The molecule has 2 aromatic carbocycles. The molecule has 0 unspecified atom stereocenters.